The lowest BCUT2D eigenvalue weighted by Crippen LogP contribution is -1.96. The van der Waals surface area contributed by atoms with E-state index < -0.39 is 0 Å². The summed E-state index contributed by atoms with van der Waals surface area (Å²) in [6.45, 7) is 4.08. The standard InChI is InChI=1S/C17H15N3O2/c1-10-3-4-12(7-11(10)2)16-18-9-19-17(20-16)14-6-5-13(21)8-15(14)22/h3-9,21-22H,1-2H3. The SMILES string of the molecule is Cc1ccc(-c2ncnc(-c3ccc(O)cc3O)n2)cc1C. The quantitative estimate of drug-likeness (QED) is 0.758. The van der Waals surface area contributed by atoms with E-state index in [-0.39, 0.29) is 11.5 Å². The summed E-state index contributed by atoms with van der Waals surface area (Å²) in [7, 11) is 0. The highest BCUT2D eigenvalue weighted by molar-refractivity contribution is 5.67. The largest absolute Gasteiger partial charge is 0.508 e. The maximum atomic E-state index is 9.93. The van der Waals surface area contributed by atoms with Crippen molar-refractivity contribution in [3.8, 4) is 34.3 Å². The van der Waals surface area contributed by atoms with Crippen LogP contribution < -0.4 is 0 Å². The van der Waals surface area contributed by atoms with Gasteiger partial charge in [0.2, 0.25) is 0 Å². The minimum atomic E-state index is -0.0720. The van der Waals surface area contributed by atoms with Gasteiger partial charge < -0.3 is 10.2 Å². The summed E-state index contributed by atoms with van der Waals surface area (Å²) in [4.78, 5) is 12.7. The number of nitrogens with zero attached hydrogens (tertiary/aromatic N) is 3. The van der Waals surface area contributed by atoms with Gasteiger partial charge in [0.1, 0.15) is 17.8 Å². The predicted molar refractivity (Wildman–Crippen MR) is 83.5 cm³/mol. The van der Waals surface area contributed by atoms with Crippen molar-refractivity contribution in [2.45, 2.75) is 13.8 Å². The lowest BCUT2D eigenvalue weighted by molar-refractivity contribution is 0.451. The Hall–Kier alpha value is -2.95. The second-order valence-corrected chi connectivity index (χ2v) is 5.13. The molecule has 3 aromatic rings. The molecule has 22 heavy (non-hydrogen) atoms. The summed E-state index contributed by atoms with van der Waals surface area (Å²) in [5.41, 5.74) is 3.71. The fourth-order valence-electron chi connectivity index (χ4n) is 2.15. The van der Waals surface area contributed by atoms with Crippen molar-refractivity contribution in [3.63, 3.8) is 0 Å². The summed E-state index contributed by atoms with van der Waals surface area (Å²) >= 11 is 0. The average molecular weight is 293 g/mol. The van der Waals surface area contributed by atoms with E-state index in [9.17, 15) is 10.2 Å². The Kier molecular flexibility index (Phi) is 3.47. The van der Waals surface area contributed by atoms with E-state index >= 15 is 0 Å². The minimum absolute atomic E-state index is 0.00955. The third-order valence-corrected chi connectivity index (χ3v) is 3.56. The molecule has 110 valence electrons. The van der Waals surface area contributed by atoms with Gasteiger partial charge in [0.15, 0.2) is 11.6 Å². The van der Waals surface area contributed by atoms with Gasteiger partial charge in [-0.2, -0.15) is 0 Å². The van der Waals surface area contributed by atoms with Gasteiger partial charge >= 0.3 is 0 Å². The van der Waals surface area contributed by atoms with Crippen LogP contribution in [0.2, 0.25) is 0 Å². The molecule has 0 bridgehead atoms. The Morgan fingerprint density at radius 2 is 1.59 bits per heavy atom. The zero-order chi connectivity index (χ0) is 15.7. The maximum absolute atomic E-state index is 9.93. The molecule has 0 aliphatic rings. The average Bonchev–Trinajstić information content (AvgIpc) is 2.50. The van der Waals surface area contributed by atoms with Gasteiger partial charge in [-0.15, -0.1) is 0 Å². The second-order valence-electron chi connectivity index (χ2n) is 5.13. The molecule has 0 unspecified atom stereocenters. The van der Waals surface area contributed by atoms with E-state index in [4.69, 9.17) is 0 Å². The number of aromatic nitrogens is 3. The number of phenolic OH excluding ortho intramolecular Hbond substituents is 2. The highest BCUT2D eigenvalue weighted by Gasteiger charge is 2.11. The maximum Gasteiger partial charge on any atom is 0.167 e. The van der Waals surface area contributed by atoms with Crippen LogP contribution in [0.25, 0.3) is 22.8 Å². The minimum Gasteiger partial charge on any atom is -0.508 e. The fraction of sp³-hybridized carbons (Fsp3) is 0.118. The first-order valence-corrected chi connectivity index (χ1v) is 6.83. The first-order valence-electron chi connectivity index (χ1n) is 6.83. The number of hydrogen-bond acceptors (Lipinski definition) is 5. The van der Waals surface area contributed by atoms with Crippen molar-refractivity contribution in [2.24, 2.45) is 0 Å². The number of rotatable bonds is 2. The highest BCUT2D eigenvalue weighted by Crippen LogP contribution is 2.30. The lowest BCUT2D eigenvalue weighted by atomic mass is 10.1. The molecule has 5 heteroatoms. The number of aromatic hydroxyl groups is 2. The lowest BCUT2D eigenvalue weighted by Gasteiger charge is -2.07. The number of benzene rings is 2. The molecule has 1 aromatic heterocycles. The van der Waals surface area contributed by atoms with E-state index in [0.29, 0.717) is 17.2 Å². The molecule has 2 N–H and O–H groups in total. The Bertz CT molecular complexity index is 847. The van der Waals surface area contributed by atoms with Crippen molar-refractivity contribution in [2.75, 3.05) is 0 Å². The Labute approximate surface area is 128 Å². The summed E-state index contributed by atoms with van der Waals surface area (Å²) in [5.74, 6) is 0.822. The molecule has 0 spiro atoms. The molecule has 0 radical (unpaired) electrons. The van der Waals surface area contributed by atoms with Crippen molar-refractivity contribution in [3.05, 3.63) is 53.9 Å². The topological polar surface area (TPSA) is 79.1 Å². The van der Waals surface area contributed by atoms with E-state index in [2.05, 4.69) is 15.0 Å². The molecular formula is C17H15N3O2. The number of hydrogen-bond donors (Lipinski definition) is 2. The van der Waals surface area contributed by atoms with Crippen LogP contribution in [-0.2, 0) is 0 Å². The van der Waals surface area contributed by atoms with Crippen LogP contribution in [0.15, 0.2) is 42.7 Å². The van der Waals surface area contributed by atoms with Crippen LogP contribution in [-0.4, -0.2) is 25.2 Å². The third kappa shape index (κ3) is 2.61. The molecule has 3 rings (SSSR count). The van der Waals surface area contributed by atoms with Gasteiger partial charge in [-0.1, -0.05) is 12.1 Å². The number of phenols is 2. The van der Waals surface area contributed by atoms with Crippen LogP contribution in [0.4, 0.5) is 0 Å². The normalized spacial score (nSPS) is 10.6. The molecular weight excluding hydrogens is 278 g/mol. The molecule has 0 aliphatic carbocycles. The molecule has 0 saturated heterocycles. The van der Waals surface area contributed by atoms with Gasteiger partial charge in [0, 0.05) is 11.6 Å². The Morgan fingerprint density at radius 1 is 0.818 bits per heavy atom. The van der Waals surface area contributed by atoms with Crippen LogP contribution in [0.5, 0.6) is 11.5 Å². The van der Waals surface area contributed by atoms with Gasteiger partial charge in [0.25, 0.3) is 0 Å². The smallest absolute Gasteiger partial charge is 0.167 e. The van der Waals surface area contributed by atoms with Crippen LogP contribution >= 0.6 is 0 Å². The molecule has 0 aliphatic heterocycles. The van der Waals surface area contributed by atoms with Crippen molar-refractivity contribution < 1.29 is 10.2 Å². The number of aryl methyl sites for hydroxylation is 2. The Balaban J connectivity index is 2.07. The molecule has 0 saturated carbocycles. The summed E-state index contributed by atoms with van der Waals surface area (Å²) in [6.07, 6.45) is 1.42. The third-order valence-electron chi connectivity index (χ3n) is 3.56. The van der Waals surface area contributed by atoms with Crippen LogP contribution in [0.3, 0.4) is 0 Å². The summed E-state index contributed by atoms with van der Waals surface area (Å²) in [5, 5.41) is 19.3. The van der Waals surface area contributed by atoms with E-state index in [1.165, 1.54) is 24.0 Å². The van der Waals surface area contributed by atoms with Gasteiger partial charge in [-0.25, -0.2) is 15.0 Å². The van der Waals surface area contributed by atoms with Crippen molar-refractivity contribution in [1.82, 2.24) is 15.0 Å². The van der Waals surface area contributed by atoms with E-state index in [1.54, 1.807) is 6.07 Å². The first-order chi connectivity index (χ1) is 10.5. The van der Waals surface area contributed by atoms with Gasteiger partial charge in [-0.05, 0) is 43.2 Å². The van der Waals surface area contributed by atoms with Crippen LogP contribution in [0.1, 0.15) is 11.1 Å². The van der Waals surface area contributed by atoms with E-state index in [0.717, 1.165) is 11.1 Å². The van der Waals surface area contributed by atoms with Gasteiger partial charge in [0.05, 0.1) is 5.56 Å². The summed E-state index contributed by atoms with van der Waals surface area (Å²) < 4.78 is 0. The molecule has 0 amide bonds. The molecule has 1 heterocycles. The fourth-order valence-corrected chi connectivity index (χ4v) is 2.15. The van der Waals surface area contributed by atoms with Crippen LogP contribution in [0, 0.1) is 13.8 Å². The Morgan fingerprint density at radius 3 is 2.32 bits per heavy atom. The molecule has 0 fully saturated rings. The molecule has 0 atom stereocenters. The molecule has 2 aromatic carbocycles. The molecule has 5 nitrogen and oxygen atoms in total. The van der Waals surface area contributed by atoms with Crippen molar-refractivity contribution >= 4 is 0 Å². The highest BCUT2D eigenvalue weighted by atomic mass is 16.3. The van der Waals surface area contributed by atoms with E-state index in [1.807, 2.05) is 32.0 Å². The zero-order valence-electron chi connectivity index (χ0n) is 12.3. The van der Waals surface area contributed by atoms with Gasteiger partial charge in [-0.3, -0.25) is 0 Å². The monoisotopic (exact) mass is 293 g/mol. The first kappa shape index (κ1) is 14.0. The summed E-state index contributed by atoms with van der Waals surface area (Å²) in [6, 6.07) is 10.3. The van der Waals surface area contributed by atoms with Crippen molar-refractivity contribution in [1.29, 1.82) is 0 Å². The zero-order valence-corrected chi connectivity index (χ0v) is 12.3. The predicted octanol–water partition coefficient (Wildman–Crippen LogP) is 3.23. The second kappa shape index (κ2) is 5.44.